The van der Waals surface area contributed by atoms with Gasteiger partial charge in [-0.1, -0.05) is 30.3 Å². The van der Waals surface area contributed by atoms with Gasteiger partial charge in [0, 0.05) is 13.1 Å². The average Bonchev–Trinajstić information content (AvgIpc) is 2.57. The molecule has 1 aliphatic heterocycles. The summed E-state index contributed by atoms with van der Waals surface area (Å²) in [6.45, 7) is 1.97. The predicted octanol–water partition coefficient (Wildman–Crippen LogP) is 5.70. The van der Waals surface area contributed by atoms with E-state index < -0.39 is 11.7 Å². The Morgan fingerprint density at radius 3 is 2.52 bits per heavy atom. The number of rotatable bonds is 4. The number of halogens is 3. The molecule has 0 atom stereocenters. The second-order valence-corrected chi connectivity index (χ2v) is 7.25. The highest BCUT2D eigenvalue weighted by molar-refractivity contribution is 7.84. The van der Waals surface area contributed by atoms with Gasteiger partial charge in [0.05, 0.1) is 5.56 Å². The zero-order valence-corrected chi connectivity index (χ0v) is 15.1. The number of hydrogen-bond donors (Lipinski definition) is 1. The van der Waals surface area contributed by atoms with Gasteiger partial charge in [0.25, 0.3) is 0 Å². The fraction of sp³-hybridized carbons (Fsp3) is 0.400. The lowest BCUT2D eigenvalue weighted by molar-refractivity contribution is -0.136. The number of fused-ring (bicyclic) bond motifs is 1. The fourth-order valence-electron chi connectivity index (χ4n) is 3.53. The molecule has 1 heterocycles. The molecule has 0 saturated heterocycles. The Hall–Kier alpha value is -1.46. The van der Waals surface area contributed by atoms with E-state index in [1.165, 1.54) is 16.5 Å². The highest BCUT2D eigenvalue weighted by Gasteiger charge is 2.32. The third kappa shape index (κ3) is 4.21. The lowest BCUT2D eigenvalue weighted by Crippen LogP contribution is -2.27. The third-order valence-electron chi connectivity index (χ3n) is 4.84. The molecule has 0 N–H and O–H groups in total. The van der Waals surface area contributed by atoms with Gasteiger partial charge in [0.1, 0.15) is 0 Å². The van der Waals surface area contributed by atoms with Crippen LogP contribution in [0.4, 0.5) is 13.2 Å². The van der Waals surface area contributed by atoms with E-state index >= 15 is 0 Å². The van der Waals surface area contributed by atoms with Gasteiger partial charge in [-0.2, -0.15) is 13.2 Å². The van der Waals surface area contributed by atoms with Gasteiger partial charge >= 0.3 is 6.18 Å². The summed E-state index contributed by atoms with van der Waals surface area (Å²) in [6.07, 6.45) is -0.706. The van der Waals surface area contributed by atoms with Crippen molar-refractivity contribution in [3.63, 3.8) is 0 Å². The van der Waals surface area contributed by atoms with Crippen molar-refractivity contribution in [1.82, 2.24) is 4.90 Å². The fourth-order valence-corrected chi connectivity index (χ4v) is 3.81. The average molecular weight is 365 g/mol. The Labute approximate surface area is 151 Å². The van der Waals surface area contributed by atoms with Gasteiger partial charge in [-0.25, -0.2) is 0 Å². The molecular weight excluding hydrogens is 343 g/mol. The lowest BCUT2D eigenvalue weighted by atomic mass is 9.95. The van der Waals surface area contributed by atoms with Gasteiger partial charge in [0.2, 0.25) is 0 Å². The number of nitrogens with zero attached hydrogens (tertiary/aromatic N) is 1. The second kappa shape index (κ2) is 7.42. The van der Waals surface area contributed by atoms with Crippen molar-refractivity contribution >= 4 is 23.4 Å². The van der Waals surface area contributed by atoms with Crippen LogP contribution in [0.2, 0.25) is 0 Å². The number of benzene rings is 2. The minimum absolute atomic E-state index is 0.291. The van der Waals surface area contributed by atoms with Crippen LogP contribution in [0.1, 0.15) is 30.4 Å². The predicted molar refractivity (Wildman–Crippen MR) is 100 cm³/mol. The molecule has 0 saturated carbocycles. The molecule has 0 unspecified atom stereocenters. The SMILES string of the molecule is CN1CCC(S)=C(CCCc2cccc3c(C(F)(F)F)cccc23)C1. The molecule has 2 aromatic rings. The maximum absolute atomic E-state index is 13.2. The van der Waals surface area contributed by atoms with Crippen LogP contribution in [0.5, 0.6) is 0 Å². The first-order valence-corrected chi connectivity index (χ1v) is 8.97. The summed E-state index contributed by atoms with van der Waals surface area (Å²) in [5.74, 6) is 0. The molecule has 1 nitrogen and oxygen atoms in total. The molecule has 25 heavy (non-hydrogen) atoms. The van der Waals surface area contributed by atoms with Crippen molar-refractivity contribution in [3.8, 4) is 0 Å². The maximum atomic E-state index is 13.2. The summed E-state index contributed by atoms with van der Waals surface area (Å²) in [5, 5.41) is 0.997. The van der Waals surface area contributed by atoms with Crippen LogP contribution in [-0.4, -0.2) is 25.0 Å². The molecule has 3 rings (SSSR count). The highest BCUT2D eigenvalue weighted by Crippen LogP contribution is 2.36. The van der Waals surface area contributed by atoms with Crippen molar-refractivity contribution in [3.05, 3.63) is 58.0 Å². The first-order valence-electron chi connectivity index (χ1n) is 8.52. The minimum Gasteiger partial charge on any atom is -0.302 e. The van der Waals surface area contributed by atoms with E-state index in [0.29, 0.717) is 10.8 Å². The van der Waals surface area contributed by atoms with Gasteiger partial charge in [0.15, 0.2) is 0 Å². The van der Waals surface area contributed by atoms with E-state index in [2.05, 4.69) is 24.6 Å². The van der Waals surface area contributed by atoms with Crippen LogP contribution in [0.15, 0.2) is 46.9 Å². The summed E-state index contributed by atoms with van der Waals surface area (Å²) in [5.41, 5.74) is 1.78. The largest absolute Gasteiger partial charge is 0.417 e. The molecule has 0 fully saturated rings. The maximum Gasteiger partial charge on any atom is 0.417 e. The summed E-state index contributed by atoms with van der Waals surface area (Å²) >= 11 is 4.59. The van der Waals surface area contributed by atoms with Crippen LogP contribution >= 0.6 is 12.6 Å². The Bertz CT molecular complexity index is 795. The monoisotopic (exact) mass is 365 g/mol. The summed E-state index contributed by atoms with van der Waals surface area (Å²) in [6, 6.07) is 9.67. The van der Waals surface area contributed by atoms with Crippen molar-refractivity contribution in [2.75, 3.05) is 20.1 Å². The van der Waals surface area contributed by atoms with Gasteiger partial charge in [-0.3, -0.25) is 0 Å². The van der Waals surface area contributed by atoms with E-state index in [-0.39, 0.29) is 0 Å². The molecular formula is C20H22F3NS. The molecule has 134 valence electrons. The summed E-state index contributed by atoms with van der Waals surface area (Å²) < 4.78 is 39.6. The number of aryl methyl sites for hydroxylation is 1. The molecule has 0 radical (unpaired) electrons. The second-order valence-electron chi connectivity index (χ2n) is 6.71. The first kappa shape index (κ1) is 18.3. The van der Waals surface area contributed by atoms with Gasteiger partial charge in [-0.05, 0) is 65.6 Å². The van der Waals surface area contributed by atoms with Crippen molar-refractivity contribution in [2.24, 2.45) is 0 Å². The molecule has 0 aliphatic carbocycles. The Kier molecular flexibility index (Phi) is 5.44. The van der Waals surface area contributed by atoms with E-state index in [4.69, 9.17) is 0 Å². The van der Waals surface area contributed by atoms with Gasteiger partial charge in [-0.15, -0.1) is 12.6 Å². The smallest absolute Gasteiger partial charge is 0.302 e. The molecule has 1 aliphatic rings. The van der Waals surface area contributed by atoms with Crippen molar-refractivity contribution in [2.45, 2.75) is 31.9 Å². The molecule has 2 aromatic carbocycles. The molecule has 0 bridgehead atoms. The van der Waals surface area contributed by atoms with Crippen LogP contribution in [0.3, 0.4) is 0 Å². The number of thiol groups is 1. The van der Waals surface area contributed by atoms with E-state index in [9.17, 15) is 13.2 Å². The van der Waals surface area contributed by atoms with E-state index in [0.717, 1.165) is 50.4 Å². The number of alkyl halides is 3. The summed E-state index contributed by atoms with van der Waals surface area (Å²) in [4.78, 5) is 3.46. The van der Waals surface area contributed by atoms with Crippen molar-refractivity contribution in [1.29, 1.82) is 0 Å². The van der Waals surface area contributed by atoms with Crippen molar-refractivity contribution < 1.29 is 13.2 Å². The number of hydrogen-bond acceptors (Lipinski definition) is 2. The molecule has 0 aromatic heterocycles. The Balaban J connectivity index is 1.79. The van der Waals surface area contributed by atoms with Crippen LogP contribution in [0.25, 0.3) is 10.8 Å². The van der Waals surface area contributed by atoms with Crippen LogP contribution in [0, 0.1) is 0 Å². The van der Waals surface area contributed by atoms with Crippen LogP contribution in [-0.2, 0) is 12.6 Å². The number of likely N-dealkylation sites (N-methyl/N-ethyl adjacent to an activating group) is 1. The first-order chi connectivity index (χ1) is 11.9. The quantitative estimate of drug-likeness (QED) is 0.680. The summed E-state index contributed by atoms with van der Waals surface area (Å²) in [7, 11) is 2.10. The highest BCUT2D eigenvalue weighted by atomic mass is 32.1. The topological polar surface area (TPSA) is 3.24 Å². The zero-order valence-electron chi connectivity index (χ0n) is 14.2. The van der Waals surface area contributed by atoms with Gasteiger partial charge < -0.3 is 4.90 Å². The van der Waals surface area contributed by atoms with E-state index in [1.807, 2.05) is 6.07 Å². The standard InChI is InChI=1S/C20H22F3NS/c1-24-12-11-19(25)15(13-24)7-2-5-14-6-3-9-17-16(14)8-4-10-18(17)20(21,22)23/h3-4,6,8-10,25H,2,5,7,11-13H2,1H3. The van der Waals surface area contributed by atoms with E-state index in [1.54, 1.807) is 18.2 Å². The van der Waals surface area contributed by atoms with Crippen LogP contribution < -0.4 is 0 Å². The Morgan fingerprint density at radius 1 is 1.04 bits per heavy atom. The normalized spacial score (nSPS) is 16.7. The minimum atomic E-state index is -4.32. The lowest BCUT2D eigenvalue weighted by Gasteiger charge is -2.26. The molecule has 5 heteroatoms. The Morgan fingerprint density at radius 2 is 1.76 bits per heavy atom. The molecule has 0 spiro atoms. The molecule has 0 amide bonds. The zero-order chi connectivity index (χ0) is 18.0. The third-order valence-corrected chi connectivity index (χ3v) is 5.38.